The molecule has 1 aliphatic heterocycles. The predicted molar refractivity (Wildman–Crippen MR) is 88.0 cm³/mol. The number of nitrogens with zero attached hydrogens (tertiary/aromatic N) is 2. The molecule has 1 fully saturated rings. The molecule has 1 aromatic carbocycles. The van der Waals surface area contributed by atoms with Crippen LogP contribution in [0.25, 0.3) is 16.9 Å². The Labute approximate surface area is 133 Å². The summed E-state index contributed by atoms with van der Waals surface area (Å²) < 4.78 is 21.8. The maximum absolute atomic E-state index is 14.2. The summed E-state index contributed by atoms with van der Waals surface area (Å²) in [6, 6.07) is 12.5. The largest absolute Gasteiger partial charge is 0.376 e. The Morgan fingerprint density at radius 1 is 1.22 bits per heavy atom. The number of benzene rings is 1. The second-order valence-electron chi connectivity index (χ2n) is 5.73. The summed E-state index contributed by atoms with van der Waals surface area (Å²) >= 11 is 0. The number of aromatic nitrogens is 2. The molecule has 118 valence electrons. The van der Waals surface area contributed by atoms with E-state index in [0.29, 0.717) is 17.8 Å². The van der Waals surface area contributed by atoms with E-state index in [1.54, 1.807) is 12.1 Å². The molecule has 1 saturated heterocycles. The third-order valence-corrected chi connectivity index (χ3v) is 4.18. The van der Waals surface area contributed by atoms with Crippen molar-refractivity contribution in [1.82, 2.24) is 9.38 Å². The van der Waals surface area contributed by atoms with Crippen molar-refractivity contribution in [1.29, 1.82) is 0 Å². The van der Waals surface area contributed by atoms with E-state index < -0.39 is 0 Å². The lowest BCUT2D eigenvalue weighted by molar-refractivity contribution is 0.120. The summed E-state index contributed by atoms with van der Waals surface area (Å²) in [6.07, 6.45) is 4.29. The topological polar surface area (TPSA) is 38.6 Å². The summed E-state index contributed by atoms with van der Waals surface area (Å²) in [4.78, 5) is 4.61. The lowest BCUT2D eigenvalue weighted by Gasteiger charge is -2.13. The summed E-state index contributed by atoms with van der Waals surface area (Å²) in [5.41, 5.74) is 1.93. The van der Waals surface area contributed by atoms with Crippen LogP contribution < -0.4 is 5.32 Å². The average Bonchev–Trinajstić information content (AvgIpc) is 3.21. The van der Waals surface area contributed by atoms with Gasteiger partial charge in [0.1, 0.15) is 23.0 Å². The van der Waals surface area contributed by atoms with Crippen molar-refractivity contribution in [3.63, 3.8) is 0 Å². The first kappa shape index (κ1) is 14.2. The van der Waals surface area contributed by atoms with Crippen LogP contribution in [0.5, 0.6) is 0 Å². The number of hydrogen-bond acceptors (Lipinski definition) is 3. The average molecular weight is 311 g/mol. The lowest BCUT2D eigenvalue weighted by Crippen LogP contribution is -2.19. The molecule has 1 aliphatic rings. The number of anilines is 1. The molecule has 3 aromatic rings. The van der Waals surface area contributed by atoms with Crippen LogP contribution in [0.3, 0.4) is 0 Å². The molecule has 1 N–H and O–H groups in total. The van der Waals surface area contributed by atoms with Gasteiger partial charge in [0, 0.05) is 24.9 Å². The fourth-order valence-electron chi connectivity index (χ4n) is 3.02. The quantitative estimate of drug-likeness (QED) is 0.798. The van der Waals surface area contributed by atoms with Crippen LogP contribution >= 0.6 is 0 Å². The number of ether oxygens (including phenoxy) is 1. The first-order valence-electron chi connectivity index (χ1n) is 7.90. The van der Waals surface area contributed by atoms with Crippen molar-refractivity contribution < 1.29 is 9.13 Å². The maximum atomic E-state index is 14.2. The molecule has 4 nitrogen and oxygen atoms in total. The number of pyridine rings is 1. The third-order valence-electron chi connectivity index (χ3n) is 4.18. The van der Waals surface area contributed by atoms with Gasteiger partial charge in [-0.3, -0.25) is 4.40 Å². The minimum Gasteiger partial charge on any atom is -0.376 e. The fraction of sp³-hybridized carbons (Fsp3) is 0.278. The van der Waals surface area contributed by atoms with Crippen molar-refractivity contribution in [3.8, 4) is 11.3 Å². The monoisotopic (exact) mass is 311 g/mol. The van der Waals surface area contributed by atoms with Crippen LogP contribution in [-0.4, -0.2) is 28.6 Å². The first-order valence-corrected chi connectivity index (χ1v) is 7.90. The zero-order chi connectivity index (χ0) is 15.6. The van der Waals surface area contributed by atoms with Crippen LogP contribution in [0.1, 0.15) is 12.8 Å². The molecule has 5 heteroatoms. The van der Waals surface area contributed by atoms with Crippen molar-refractivity contribution in [2.24, 2.45) is 0 Å². The number of halogens is 1. The van der Waals surface area contributed by atoms with Gasteiger partial charge in [-0.25, -0.2) is 9.37 Å². The lowest BCUT2D eigenvalue weighted by atomic mass is 10.1. The van der Waals surface area contributed by atoms with Crippen molar-refractivity contribution in [2.75, 3.05) is 18.5 Å². The number of nitrogens with one attached hydrogen (secondary N) is 1. The molecule has 0 bridgehead atoms. The van der Waals surface area contributed by atoms with Crippen LogP contribution in [0.2, 0.25) is 0 Å². The second-order valence-corrected chi connectivity index (χ2v) is 5.73. The van der Waals surface area contributed by atoms with Gasteiger partial charge in [0.15, 0.2) is 0 Å². The van der Waals surface area contributed by atoms with E-state index in [1.807, 2.05) is 34.9 Å². The van der Waals surface area contributed by atoms with Crippen molar-refractivity contribution in [3.05, 3.63) is 54.5 Å². The Bertz CT molecular complexity index is 824. The Morgan fingerprint density at radius 3 is 2.91 bits per heavy atom. The number of hydrogen-bond donors (Lipinski definition) is 1. The van der Waals surface area contributed by atoms with E-state index >= 15 is 0 Å². The SMILES string of the molecule is Fc1ccccc1-c1nc2ccccn2c1NCC1CCCO1. The Hall–Kier alpha value is -2.40. The summed E-state index contributed by atoms with van der Waals surface area (Å²) in [7, 11) is 0. The summed E-state index contributed by atoms with van der Waals surface area (Å²) in [6.45, 7) is 1.52. The molecular formula is C18H18FN3O. The van der Waals surface area contributed by atoms with E-state index in [0.717, 1.165) is 30.9 Å². The fourth-order valence-corrected chi connectivity index (χ4v) is 3.02. The molecule has 0 spiro atoms. The molecule has 1 unspecified atom stereocenters. The van der Waals surface area contributed by atoms with Crippen molar-refractivity contribution in [2.45, 2.75) is 18.9 Å². The van der Waals surface area contributed by atoms with Crippen LogP contribution in [0.4, 0.5) is 10.2 Å². The van der Waals surface area contributed by atoms with E-state index in [1.165, 1.54) is 6.07 Å². The standard InChI is InChI=1S/C18H18FN3O/c19-15-8-2-1-7-14(15)17-18(20-12-13-6-5-11-23-13)22-10-4-3-9-16(22)21-17/h1-4,7-10,13,20H,5-6,11-12H2. The summed E-state index contributed by atoms with van der Waals surface area (Å²) in [5.74, 6) is 0.539. The Kier molecular flexibility index (Phi) is 3.71. The highest BCUT2D eigenvalue weighted by Crippen LogP contribution is 2.30. The van der Waals surface area contributed by atoms with Crippen molar-refractivity contribution >= 4 is 11.5 Å². The van der Waals surface area contributed by atoms with Gasteiger partial charge in [-0.1, -0.05) is 18.2 Å². The van der Waals surface area contributed by atoms with Crippen LogP contribution in [0, 0.1) is 5.82 Å². The van der Waals surface area contributed by atoms with Gasteiger partial charge in [0.2, 0.25) is 0 Å². The highest BCUT2D eigenvalue weighted by atomic mass is 19.1. The smallest absolute Gasteiger partial charge is 0.139 e. The van der Waals surface area contributed by atoms with E-state index in [9.17, 15) is 4.39 Å². The van der Waals surface area contributed by atoms with Crippen LogP contribution in [0.15, 0.2) is 48.7 Å². The molecule has 3 heterocycles. The Morgan fingerprint density at radius 2 is 2.09 bits per heavy atom. The number of imidazole rings is 1. The molecule has 1 atom stereocenters. The molecule has 0 aliphatic carbocycles. The number of rotatable bonds is 4. The molecule has 0 radical (unpaired) electrons. The van der Waals surface area contributed by atoms with Gasteiger partial charge in [0.25, 0.3) is 0 Å². The number of fused-ring (bicyclic) bond motifs is 1. The maximum Gasteiger partial charge on any atom is 0.139 e. The van der Waals surface area contributed by atoms with E-state index in [2.05, 4.69) is 10.3 Å². The molecule has 4 rings (SSSR count). The zero-order valence-electron chi connectivity index (χ0n) is 12.7. The van der Waals surface area contributed by atoms with Gasteiger partial charge in [-0.15, -0.1) is 0 Å². The van der Waals surface area contributed by atoms with Crippen LogP contribution in [-0.2, 0) is 4.74 Å². The third kappa shape index (κ3) is 2.68. The highest BCUT2D eigenvalue weighted by Gasteiger charge is 2.20. The minimum atomic E-state index is -0.268. The van der Waals surface area contributed by atoms with Gasteiger partial charge >= 0.3 is 0 Å². The van der Waals surface area contributed by atoms with Gasteiger partial charge in [-0.2, -0.15) is 0 Å². The molecular weight excluding hydrogens is 293 g/mol. The molecule has 0 saturated carbocycles. The van der Waals surface area contributed by atoms with E-state index in [-0.39, 0.29) is 11.9 Å². The summed E-state index contributed by atoms with van der Waals surface area (Å²) in [5, 5.41) is 3.41. The molecule has 2 aromatic heterocycles. The molecule has 23 heavy (non-hydrogen) atoms. The highest BCUT2D eigenvalue weighted by molar-refractivity contribution is 5.76. The predicted octanol–water partition coefficient (Wildman–Crippen LogP) is 3.73. The second kappa shape index (κ2) is 6.01. The first-order chi connectivity index (χ1) is 11.3. The Balaban J connectivity index is 1.76. The van der Waals surface area contributed by atoms with Gasteiger partial charge in [0.05, 0.1) is 6.10 Å². The van der Waals surface area contributed by atoms with Gasteiger partial charge < -0.3 is 10.1 Å². The van der Waals surface area contributed by atoms with Gasteiger partial charge in [-0.05, 0) is 37.1 Å². The molecule has 0 amide bonds. The normalized spacial score (nSPS) is 17.7. The zero-order valence-corrected chi connectivity index (χ0v) is 12.7. The minimum absolute atomic E-state index is 0.206. The van der Waals surface area contributed by atoms with E-state index in [4.69, 9.17) is 4.74 Å².